The molecular formula is C23H24F6O2. The highest BCUT2D eigenvalue weighted by atomic mass is 19.3. The van der Waals surface area contributed by atoms with Crippen LogP contribution >= 0.6 is 0 Å². The smallest absolute Gasteiger partial charge is 0.426 e. The first kappa shape index (κ1) is 23.3. The Bertz CT molecular complexity index is 838. The van der Waals surface area contributed by atoms with E-state index in [0.717, 1.165) is 37.2 Å². The molecule has 0 bridgehead atoms. The highest BCUT2D eigenvalue weighted by molar-refractivity contribution is 5.34. The second kappa shape index (κ2) is 9.83. The van der Waals surface area contributed by atoms with Crippen LogP contribution in [0.5, 0.6) is 11.5 Å². The second-order valence-electron chi connectivity index (χ2n) is 7.84. The molecule has 0 heterocycles. The molecule has 8 heteroatoms. The van der Waals surface area contributed by atoms with Crippen LogP contribution in [0.1, 0.15) is 62.5 Å². The molecule has 0 spiro atoms. The van der Waals surface area contributed by atoms with Crippen LogP contribution in [0.15, 0.2) is 36.4 Å². The summed E-state index contributed by atoms with van der Waals surface area (Å²) in [6.45, 7) is -1.32. The first-order valence-electron chi connectivity index (χ1n) is 10.3. The zero-order chi connectivity index (χ0) is 22.6. The summed E-state index contributed by atoms with van der Waals surface area (Å²) in [5, 5.41) is 0. The van der Waals surface area contributed by atoms with Crippen molar-refractivity contribution in [2.45, 2.75) is 64.1 Å². The van der Waals surface area contributed by atoms with Gasteiger partial charge < -0.3 is 9.47 Å². The van der Waals surface area contributed by atoms with Crippen LogP contribution in [0.3, 0.4) is 0 Å². The van der Waals surface area contributed by atoms with E-state index in [1.807, 2.05) is 0 Å². The second-order valence-corrected chi connectivity index (χ2v) is 7.84. The largest absolute Gasteiger partial charge is 0.429 e. The highest BCUT2D eigenvalue weighted by Crippen LogP contribution is 2.39. The van der Waals surface area contributed by atoms with Crippen LogP contribution in [0.25, 0.3) is 0 Å². The minimum atomic E-state index is -4.08. The van der Waals surface area contributed by atoms with Crippen LogP contribution in [-0.4, -0.2) is 6.61 Å². The van der Waals surface area contributed by atoms with Crippen molar-refractivity contribution < 1.29 is 35.8 Å². The maximum Gasteiger partial charge on any atom is 0.426 e. The van der Waals surface area contributed by atoms with Gasteiger partial charge in [0.25, 0.3) is 0 Å². The van der Waals surface area contributed by atoms with Crippen LogP contribution in [-0.2, 0) is 6.11 Å². The van der Waals surface area contributed by atoms with Crippen molar-refractivity contribution in [2.24, 2.45) is 5.92 Å². The molecule has 1 fully saturated rings. The first-order valence-corrected chi connectivity index (χ1v) is 10.3. The molecular weight excluding hydrogens is 422 g/mol. The van der Waals surface area contributed by atoms with Crippen molar-refractivity contribution in [3.8, 4) is 11.5 Å². The van der Waals surface area contributed by atoms with E-state index >= 15 is 0 Å². The van der Waals surface area contributed by atoms with E-state index in [1.54, 1.807) is 12.1 Å². The summed E-state index contributed by atoms with van der Waals surface area (Å²) in [5.74, 6) is -3.83. The Labute approximate surface area is 177 Å². The summed E-state index contributed by atoms with van der Waals surface area (Å²) in [7, 11) is 0. The number of rotatable bonds is 8. The monoisotopic (exact) mass is 446 g/mol. The van der Waals surface area contributed by atoms with Gasteiger partial charge in [-0.05, 0) is 67.3 Å². The minimum Gasteiger partial charge on any atom is -0.429 e. The van der Waals surface area contributed by atoms with Gasteiger partial charge in [-0.25, -0.2) is 8.78 Å². The first-order chi connectivity index (χ1) is 14.7. The fraction of sp³-hybridized carbons (Fsp3) is 0.478. The third-order valence-electron chi connectivity index (χ3n) is 5.68. The molecule has 0 unspecified atom stereocenters. The predicted octanol–water partition coefficient (Wildman–Crippen LogP) is 7.77. The number of benzene rings is 2. The predicted molar refractivity (Wildman–Crippen MR) is 104 cm³/mol. The van der Waals surface area contributed by atoms with Crippen molar-refractivity contribution in [3.05, 3.63) is 59.2 Å². The van der Waals surface area contributed by atoms with Crippen LogP contribution in [0, 0.1) is 17.6 Å². The molecule has 0 amide bonds. The Balaban J connectivity index is 1.68. The SMILES string of the molecule is CCCC1CCC(c2ccc(OC(F)(F)c3cc(F)c(OC(F)F)c(F)c3)cc2)CC1. The molecule has 1 aliphatic carbocycles. The van der Waals surface area contributed by atoms with Gasteiger partial charge in [0.05, 0.1) is 5.56 Å². The minimum absolute atomic E-state index is 0.179. The fourth-order valence-corrected chi connectivity index (χ4v) is 4.14. The lowest BCUT2D eigenvalue weighted by atomic mass is 9.77. The normalized spacial score (nSPS) is 19.5. The third-order valence-corrected chi connectivity index (χ3v) is 5.68. The van der Waals surface area contributed by atoms with E-state index in [9.17, 15) is 26.3 Å². The van der Waals surface area contributed by atoms with Crippen molar-refractivity contribution >= 4 is 0 Å². The maximum absolute atomic E-state index is 14.4. The molecule has 0 radical (unpaired) electrons. The number of halogens is 6. The lowest BCUT2D eigenvalue weighted by molar-refractivity contribution is -0.185. The molecule has 0 atom stereocenters. The molecule has 0 N–H and O–H groups in total. The van der Waals surface area contributed by atoms with Crippen LogP contribution in [0.2, 0.25) is 0 Å². The van der Waals surface area contributed by atoms with E-state index in [-0.39, 0.29) is 17.9 Å². The molecule has 0 aromatic heterocycles. The Kier molecular flexibility index (Phi) is 7.38. The summed E-state index contributed by atoms with van der Waals surface area (Å²) in [6, 6.07) is 6.65. The number of alkyl halides is 4. The summed E-state index contributed by atoms with van der Waals surface area (Å²) in [6.07, 6.45) is 2.72. The molecule has 1 aliphatic rings. The van der Waals surface area contributed by atoms with Crippen molar-refractivity contribution in [3.63, 3.8) is 0 Å². The molecule has 31 heavy (non-hydrogen) atoms. The molecule has 2 nitrogen and oxygen atoms in total. The Morgan fingerprint density at radius 1 is 0.968 bits per heavy atom. The van der Waals surface area contributed by atoms with E-state index in [2.05, 4.69) is 16.4 Å². The highest BCUT2D eigenvalue weighted by Gasteiger charge is 2.37. The number of ether oxygens (including phenoxy) is 2. The van der Waals surface area contributed by atoms with Crippen LogP contribution in [0.4, 0.5) is 26.3 Å². The van der Waals surface area contributed by atoms with Crippen molar-refractivity contribution in [1.29, 1.82) is 0 Å². The zero-order valence-electron chi connectivity index (χ0n) is 17.0. The van der Waals surface area contributed by atoms with Gasteiger partial charge in [0, 0.05) is 0 Å². The lowest BCUT2D eigenvalue weighted by Crippen LogP contribution is -2.23. The van der Waals surface area contributed by atoms with E-state index in [4.69, 9.17) is 0 Å². The molecule has 0 saturated heterocycles. The molecule has 2 aromatic rings. The molecule has 2 aromatic carbocycles. The molecule has 1 saturated carbocycles. The van der Waals surface area contributed by atoms with Crippen LogP contribution < -0.4 is 9.47 Å². The Morgan fingerprint density at radius 3 is 2.06 bits per heavy atom. The van der Waals surface area contributed by atoms with Gasteiger partial charge in [0.1, 0.15) is 5.75 Å². The lowest BCUT2D eigenvalue weighted by Gasteiger charge is -2.28. The fourth-order valence-electron chi connectivity index (χ4n) is 4.14. The quantitative estimate of drug-likeness (QED) is 0.386. The number of hydrogen-bond acceptors (Lipinski definition) is 2. The molecule has 0 aliphatic heterocycles. The Hall–Kier alpha value is -2.38. The van der Waals surface area contributed by atoms with Crippen molar-refractivity contribution in [2.75, 3.05) is 0 Å². The maximum atomic E-state index is 14.4. The molecule has 170 valence electrons. The van der Waals surface area contributed by atoms with Gasteiger partial charge in [0.2, 0.25) is 0 Å². The summed E-state index contributed by atoms with van der Waals surface area (Å²) in [5.41, 5.74) is -0.112. The standard InChI is InChI=1S/C23H24F6O2/c1-2-3-14-4-6-15(7-5-14)16-8-10-18(11-9-16)31-23(28,29)17-12-19(24)21(20(25)13-17)30-22(26)27/h8-15,22H,2-7H2,1H3. The van der Waals surface area contributed by atoms with Gasteiger partial charge in [-0.2, -0.15) is 17.6 Å². The third kappa shape index (κ3) is 5.86. The van der Waals surface area contributed by atoms with E-state index < -0.39 is 35.7 Å². The van der Waals surface area contributed by atoms with Gasteiger partial charge in [-0.15, -0.1) is 0 Å². The van der Waals surface area contributed by atoms with E-state index in [0.29, 0.717) is 5.92 Å². The summed E-state index contributed by atoms with van der Waals surface area (Å²) >= 11 is 0. The average Bonchev–Trinajstić information content (AvgIpc) is 2.71. The van der Waals surface area contributed by atoms with Gasteiger partial charge in [-0.3, -0.25) is 0 Å². The van der Waals surface area contributed by atoms with Gasteiger partial charge >= 0.3 is 12.7 Å². The van der Waals surface area contributed by atoms with Gasteiger partial charge in [0.15, 0.2) is 17.4 Å². The zero-order valence-corrected chi connectivity index (χ0v) is 17.0. The van der Waals surface area contributed by atoms with Crippen molar-refractivity contribution in [1.82, 2.24) is 0 Å². The number of hydrogen-bond donors (Lipinski definition) is 0. The van der Waals surface area contributed by atoms with E-state index in [1.165, 1.54) is 25.0 Å². The van der Waals surface area contributed by atoms with Gasteiger partial charge in [-0.1, -0.05) is 31.9 Å². The topological polar surface area (TPSA) is 18.5 Å². The Morgan fingerprint density at radius 2 is 1.55 bits per heavy atom. The average molecular weight is 446 g/mol. The summed E-state index contributed by atoms with van der Waals surface area (Å²) in [4.78, 5) is 0. The summed E-state index contributed by atoms with van der Waals surface area (Å²) < 4.78 is 89.1. The molecule has 3 rings (SSSR count).